The van der Waals surface area contributed by atoms with Crippen LogP contribution < -0.4 is 15.0 Å². The zero-order valence-corrected chi connectivity index (χ0v) is 16.7. The number of benzene rings is 2. The van der Waals surface area contributed by atoms with Crippen LogP contribution in [-0.4, -0.2) is 47.3 Å². The molecule has 1 aliphatic rings. The monoisotopic (exact) mass is 431 g/mol. The summed E-state index contributed by atoms with van der Waals surface area (Å²) in [7, 11) is 0. The van der Waals surface area contributed by atoms with Gasteiger partial charge in [0.05, 0.1) is 17.6 Å². The average molecular weight is 431 g/mol. The van der Waals surface area contributed by atoms with Gasteiger partial charge < -0.3 is 14.8 Å². The van der Waals surface area contributed by atoms with Gasteiger partial charge in [0.1, 0.15) is 23.9 Å². The van der Waals surface area contributed by atoms with Gasteiger partial charge in [-0.3, -0.25) is 19.3 Å². The number of aromatic nitrogens is 2. The molecule has 0 fully saturated rings. The van der Waals surface area contributed by atoms with Crippen molar-refractivity contribution >= 4 is 29.3 Å². The third kappa shape index (κ3) is 4.27. The largest absolute Gasteiger partial charge is 0.482 e. The van der Waals surface area contributed by atoms with Crippen LogP contribution in [0.1, 0.15) is 5.56 Å². The minimum atomic E-state index is -0.762. The van der Waals surface area contributed by atoms with Crippen molar-refractivity contribution in [3.05, 3.63) is 66.4 Å². The van der Waals surface area contributed by atoms with Crippen molar-refractivity contribution < 1.29 is 23.9 Å². The van der Waals surface area contributed by atoms with Crippen LogP contribution in [-0.2, 0) is 19.1 Å². The third-order valence-electron chi connectivity index (χ3n) is 4.61. The maximum Gasteiger partial charge on any atom is 0.326 e. The van der Waals surface area contributed by atoms with Gasteiger partial charge in [-0.15, -0.1) is 0 Å². The summed E-state index contributed by atoms with van der Waals surface area (Å²) >= 11 is 0. The second-order valence-corrected chi connectivity index (χ2v) is 6.71. The summed E-state index contributed by atoms with van der Waals surface area (Å²) in [6, 6.07) is 17.7. The standard InChI is InChI=1S/C22H17N5O5/c23-10-15-11-24-27(16-6-2-1-3-7-16)22(15)25-19(28)13-32-21(30)12-26-17-8-4-5-9-18(17)31-14-20(26)29/h1-9,11H,12-14H2,(H,25,28). The predicted octanol–water partition coefficient (Wildman–Crippen LogP) is 1.65. The summed E-state index contributed by atoms with van der Waals surface area (Å²) in [5, 5.41) is 16.0. The molecule has 0 saturated carbocycles. The number of fused-ring (bicyclic) bond motifs is 1. The van der Waals surface area contributed by atoms with Crippen molar-refractivity contribution in [2.24, 2.45) is 0 Å². The number of amides is 2. The van der Waals surface area contributed by atoms with Crippen LogP contribution in [0.3, 0.4) is 0 Å². The number of hydrogen-bond donors (Lipinski definition) is 1. The van der Waals surface area contributed by atoms with E-state index in [1.54, 1.807) is 48.5 Å². The van der Waals surface area contributed by atoms with Crippen molar-refractivity contribution in [2.45, 2.75) is 0 Å². The van der Waals surface area contributed by atoms with Gasteiger partial charge in [0.2, 0.25) is 0 Å². The summed E-state index contributed by atoms with van der Waals surface area (Å²) in [5.41, 5.74) is 1.26. The lowest BCUT2D eigenvalue weighted by Gasteiger charge is -2.28. The second kappa shape index (κ2) is 9.01. The van der Waals surface area contributed by atoms with Gasteiger partial charge in [-0.2, -0.15) is 10.4 Å². The first kappa shape index (κ1) is 20.6. The Labute approximate surface area is 182 Å². The molecule has 1 aliphatic heterocycles. The third-order valence-corrected chi connectivity index (χ3v) is 4.61. The summed E-state index contributed by atoms with van der Waals surface area (Å²) in [4.78, 5) is 38.1. The van der Waals surface area contributed by atoms with Gasteiger partial charge >= 0.3 is 5.97 Å². The van der Waals surface area contributed by atoms with Crippen LogP contribution in [0.2, 0.25) is 0 Å². The molecule has 0 spiro atoms. The Bertz CT molecular complexity index is 1210. The molecule has 0 saturated heterocycles. The molecule has 0 unspecified atom stereocenters. The highest BCUT2D eigenvalue weighted by Gasteiger charge is 2.27. The highest BCUT2D eigenvalue weighted by Crippen LogP contribution is 2.31. The Morgan fingerprint density at radius 2 is 1.91 bits per heavy atom. The van der Waals surface area contributed by atoms with Crippen molar-refractivity contribution in [1.82, 2.24) is 9.78 Å². The number of carbonyl (C=O) groups excluding carboxylic acids is 3. The Balaban J connectivity index is 1.39. The highest BCUT2D eigenvalue weighted by atomic mass is 16.5. The molecule has 2 heterocycles. The molecule has 4 rings (SSSR count). The molecule has 3 aromatic rings. The van der Waals surface area contributed by atoms with Crippen molar-refractivity contribution in [1.29, 1.82) is 5.26 Å². The average Bonchev–Trinajstić information content (AvgIpc) is 3.22. The fourth-order valence-electron chi connectivity index (χ4n) is 3.13. The minimum absolute atomic E-state index is 0.157. The number of nitrogens with one attached hydrogen (secondary N) is 1. The van der Waals surface area contributed by atoms with E-state index in [0.717, 1.165) is 0 Å². The number of ether oxygens (including phenoxy) is 2. The topological polar surface area (TPSA) is 127 Å². The first-order valence-corrected chi connectivity index (χ1v) is 9.58. The van der Waals surface area contributed by atoms with Crippen LogP contribution in [0, 0.1) is 11.3 Å². The molecular weight excluding hydrogens is 414 g/mol. The van der Waals surface area contributed by atoms with E-state index >= 15 is 0 Å². The van der Waals surface area contributed by atoms with Gasteiger partial charge in [-0.05, 0) is 24.3 Å². The van der Waals surface area contributed by atoms with Crippen molar-refractivity contribution in [2.75, 3.05) is 30.0 Å². The fraction of sp³-hybridized carbons (Fsp3) is 0.136. The fourth-order valence-corrected chi connectivity index (χ4v) is 3.13. The number of nitriles is 1. The number of rotatable bonds is 6. The van der Waals surface area contributed by atoms with E-state index in [4.69, 9.17) is 9.47 Å². The van der Waals surface area contributed by atoms with E-state index in [9.17, 15) is 19.6 Å². The van der Waals surface area contributed by atoms with Crippen LogP contribution in [0.25, 0.3) is 5.69 Å². The van der Waals surface area contributed by atoms with Crippen LogP contribution in [0.4, 0.5) is 11.5 Å². The number of hydrogen-bond acceptors (Lipinski definition) is 7. The van der Waals surface area contributed by atoms with Gasteiger partial charge in [0.15, 0.2) is 19.0 Å². The summed E-state index contributed by atoms with van der Waals surface area (Å²) in [6.45, 7) is -1.15. The number of anilines is 2. The summed E-state index contributed by atoms with van der Waals surface area (Å²) in [5.74, 6) is -1.16. The van der Waals surface area contributed by atoms with Crippen molar-refractivity contribution in [3.63, 3.8) is 0 Å². The lowest BCUT2D eigenvalue weighted by molar-refractivity contribution is -0.146. The number of carbonyl (C=O) groups is 3. The zero-order valence-electron chi connectivity index (χ0n) is 16.7. The highest BCUT2D eigenvalue weighted by molar-refractivity contribution is 6.01. The maximum atomic E-state index is 12.4. The van der Waals surface area contributed by atoms with Crippen LogP contribution in [0.15, 0.2) is 60.8 Å². The van der Waals surface area contributed by atoms with Gasteiger partial charge in [-0.1, -0.05) is 30.3 Å². The lowest BCUT2D eigenvalue weighted by atomic mass is 10.2. The molecule has 2 amide bonds. The normalized spacial score (nSPS) is 12.3. The number of esters is 1. The molecule has 2 aromatic carbocycles. The van der Waals surface area contributed by atoms with E-state index in [1.807, 2.05) is 12.1 Å². The Hall–Kier alpha value is -4.65. The second-order valence-electron chi connectivity index (χ2n) is 6.71. The smallest absolute Gasteiger partial charge is 0.326 e. The first-order chi connectivity index (χ1) is 15.6. The molecule has 160 valence electrons. The summed E-state index contributed by atoms with van der Waals surface area (Å²) in [6.07, 6.45) is 1.33. The molecule has 1 aromatic heterocycles. The van der Waals surface area contributed by atoms with Crippen LogP contribution in [0.5, 0.6) is 5.75 Å². The Morgan fingerprint density at radius 1 is 1.16 bits per heavy atom. The van der Waals surface area contributed by atoms with Crippen LogP contribution >= 0.6 is 0 Å². The first-order valence-electron chi connectivity index (χ1n) is 9.58. The molecular formula is C22H17N5O5. The molecule has 0 radical (unpaired) electrons. The molecule has 10 heteroatoms. The predicted molar refractivity (Wildman–Crippen MR) is 112 cm³/mol. The molecule has 0 atom stereocenters. The van der Waals surface area contributed by atoms with E-state index in [2.05, 4.69) is 10.4 Å². The van der Waals surface area contributed by atoms with Gasteiger partial charge in [0.25, 0.3) is 11.8 Å². The Morgan fingerprint density at radius 3 is 2.69 bits per heavy atom. The van der Waals surface area contributed by atoms with E-state index < -0.39 is 24.4 Å². The molecule has 10 nitrogen and oxygen atoms in total. The maximum absolute atomic E-state index is 12.4. The molecule has 32 heavy (non-hydrogen) atoms. The quantitative estimate of drug-likeness (QED) is 0.588. The van der Waals surface area contributed by atoms with E-state index in [1.165, 1.54) is 15.8 Å². The van der Waals surface area contributed by atoms with E-state index in [0.29, 0.717) is 17.1 Å². The summed E-state index contributed by atoms with van der Waals surface area (Å²) < 4.78 is 11.8. The SMILES string of the molecule is N#Cc1cnn(-c2ccccc2)c1NC(=O)COC(=O)CN1C(=O)COc2ccccc21. The lowest BCUT2D eigenvalue weighted by Crippen LogP contribution is -2.42. The Kier molecular flexibility index (Phi) is 5.81. The molecule has 0 bridgehead atoms. The zero-order chi connectivity index (χ0) is 22.5. The number of para-hydroxylation sites is 3. The number of nitrogens with zero attached hydrogens (tertiary/aromatic N) is 4. The molecule has 1 N–H and O–H groups in total. The van der Waals surface area contributed by atoms with Crippen molar-refractivity contribution in [3.8, 4) is 17.5 Å². The van der Waals surface area contributed by atoms with Gasteiger partial charge in [-0.25, -0.2) is 4.68 Å². The minimum Gasteiger partial charge on any atom is -0.482 e. The molecule has 0 aliphatic carbocycles. The van der Waals surface area contributed by atoms with E-state index in [-0.39, 0.29) is 24.5 Å². The van der Waals surface area contributed by atoms with Gasteiger partial charge in [0, 0.05) is 0 Å².